The molecule has 0 amide bonds. The van der Waals surface area contributed by atoms with Gasteiger partial charge in [0.1, 0.15) is 23.0 Å². The summed E-state index contributed by atoms with van der Waals surface area (Å²) in [6, 6.07) is 16.2. The van der Waals surface area contributed by atoms with Crippen molar-refractivity contribution in [3.8, 4) is 28.1 Å². The topological polar surface area (TPSA) is 114 Å². The Morgan fingerprint density at radius 2 is 1.76 bits per heavy atom. The SMILES string of the molecule is COc1cc2c(cc1-c1c(C)noc1C)[nH]c1nc(C)nc(-c3ccc(C(=O)CCCC4CCC(O)CC4)c4ccccc34)c12. The summed E-state index contributed by atoms with van der Waals surface area (Å²) in [5.41, 5.74) is 6.77. The molecule has 2 N–H and O–H groups in total. The zero-order chi connectivity index (χ0) is 31.2. The summed E-state index contributed by atoms with van der Waals surface area (Å²) in [6.07, 6.45) is 6.15. The van der Waals surface area contributed by atoms with Gasteiger partial charge in [-0.3, -0.25) is 4.79 Å². The van der Waals surface area contributed by atoms with Crippen molar-refractivity contribution >= 4 is 38.5 Å². The summed E-state index contributed by atoms with van der Waals surface area (Å²) >= 11 is 0. The first-order valence-corrected chi connectivity index (χ1v) is 15.9. The third-order valence-electron chi connectivity index (χ3n) is 9.50. The van der Waals surface area contributed by atoms with Gasteiger partial charge in [-0.05, 0) is 81.7 Å². The van der Waals surface area contributed by atoms with Crippen LogP contribution in [-0.4, -0.2) is 44.2 Å². The number of hydrogen-bond acceptors (Lipinski definition) is 7. The second-order valence-corrected chi connectivity index (χ2v) is 12.5. The van der Waals surface area contributed by atoms with E-state index in [0.29, 0.717) is 23.9 Å². The maximum Gasteiger partial charge on any atom is 0.163 e. The van der Waals surface area contributed by atoms with E-state index in [0.717, 1.165) is 111 Å². The fourth-order valence-corrected chi connectivity index (χ4v) is 7.23. The number of aromatic amines is 1. The Bertz CT molecular complexity index is 2050. The predicted molar refractivity (Wildman–Crippen MR) is 177 cm³/mol. The van der Waals surface area contributed by atoms with E-state index in [4.69, 9.17) is 19.2 Å². The summed E-state index contributed by atoms with van der Waals surface area (Å²) in [5, 5.41) is 17.7. The molecule has 1 fully saturated rings. The van der Waals surface area contributed by atoms with Crippen molar-refractivity contribution in [1.82, 2.24) is 20.1 Å². The Morgan fingerprint density at radius 1 is 0.978 bits per heavy atom. The molecule has 8 nitrogen and oxygen atoms in total. The van der Waals surface area contributed by atoms with E-state index >= 15 is 0 Å². The third-order valence-corrected chi connectivity index (χ3v) is 9.50. The van der Waals surface area contributed by atoms with Crippen LogP contribution in [0, 0.1) is 26.7 Å². The first-order chi connectivity index (χ1) is 21.8. The highest BCUT2D eigenvalue weighted by Crippen LogP contribution is 2.42. The summed E-state index contributed by atoms with van der Waals surface area (Å²) in [5.74, 6) is 2.87. The smallest absolute Gasteiger partial charge is 0.163 e. The number of carbonyl (C=O) groups is 1. The van der Waals surface area contributed by atoms with Gasteiger partial charge in [0.2, 0.25) is 0 Å². The van der Waals surface area contributed by atoms with Crippen molar-refractivity contribution in [2.45, 2.75) is 71.8 Å². The number of aromatic nitrogens is 4. The number of hydrogen-bond donors (Lipinski definition) is 2. The summed E-state index contributed by atoms with van der Waals surface area (Å²) in [7, 11) is 1.67. The van der Waals surface area contributed by atoms with E-state index < -0.39 is 0 Å². The number of aryl methyl sites for hydroxylation is 3. The van der Waals surface area contributed by atoms with Crippen LogP contribution < -0.4 is 4.74 Å². The minimum Gasteiger partial charge on any atom is -0.496 e. The first-order valence-electron chi connectivity index (χ1n) is 15.9. The Hall–Kier alpha value is -4.56. The second-order valence-electron chi connectivity index (χ2n) is 12.5. The molecule has 0 aliphatic heterocycles. The van der Waals surface area contributed by atoms with Crippen molar-refractivity contribution in [3.05, 3.63) is 71.4 Å². The predicted octanol–water partition coefficient (Wildman–Crippen LogP) is 8.42. The lowest BCUT2D eigenvalue weighted by Crippen LogP contribution is -2.18. The van der Waals surface area contributed by atoms with Gasteiger partial charge >= 0.3 is 0 Å². The largest absolute Gasteiger partial charge is 0.496 e. The summed E-state index contributed by atoms with van der Waals surface area (Å²) in [6.45, 7) is 5.73. The van der Waals surface area contributed by atoms with Crippen LogP contribution in [0.15, 0.2) is 53.1 Å². The molecular formula is C37H38N4O4. The van der Waals surface area contributed by atoms with Crippen LogP contribution in [0.2, 0.25) is 0 Å². The molecule has 1 aliphatic rings. The highest BCUT2D eigenvalue weighted by Gasteiger charge is 2.23. The lowest BCUT2D eigenvalue weighted by atomic mass is 9.84. The second kappa shape index (κ2) is 11.7. The van der Waals surface area contributed by atoms with Gasteiger partial charge in [-0.1, -0.05) is 48.0 Å². The maximum absolute atomic E-state index is 13.6. The average Bonchev–Trinajstić information content (AvgIpc) is 3.57. The molecule has 7 rings (SSSR count). The molecule has 0 unspecified atom stereocenters. The number of benzene rings is 3. The quantitative estimate of drug-likeness (QED) is 0.168. The molecule has 0 atom stereocenters. The molecule has 1 aliphatic carbocycles. The molecule has 6 aromatic rings. The number of aliphatic hydroxyl groups excluding tert-OH is 1. The van der Waals surface area contributed by atoms with E-state index in [1.807, 2.05) is 57.2 Å². The molecule has 3 heterocycles. The van der Waals surface area contributed by atoms with Gasteiger partial charge in [-0.25, -0.2) is 9.97 Å². The molecule has 45 heavy (non-hydrogen) atoms. The lowest BCUT2D eigenvalue weighted by Gasteiger charge is -2.25. The molecule has 1 saturated carbocycles. The first kappa shape index (κ1) is 29.2. The number of nitrogens with one attached hydrogen (secondary N) is 1. The Morgan fingerprint density at radius 3 is 2.49 bits per heavy atom. The van der Waals surface area contributed by atoms with E-state index in [1.54, 1.807) is 7.11 Å². The highest BCUT2D eigenvalue weighted by atomic mass is 16.5. The molecular weight excluding hydrogens is 564 g/mol. The molecule has 3 aromatic carbocycles. The molecule has 3 aromatic heterocycles. The van der Waals surface area contributed by atoms with Gasteiger partial charge in [0.05, 0.1) is 35.6 Å². The van der Waals surface area contributed by atoms with Gasteiger partial charge in [0.15, 0.2) is 5.78 Å². The molecule has 8 heteroatoms. The molecule has 0 radical (unpaired) electrons. The van der Waals surface area contributed by atoms with Crippen LogP contribution in [0.5, 0.6) is 5.75 Å². The Balaban J connectivity index is 1.30. The standard InChI is InChI=1S/C37H38N4O4/c1-20-34(21(2)45-41-20)30-18-31-29(19-33(30)44-4)35-36(38-22(3)39-37(35)40-31)28-17-16-27(25-9-5-6-10-26(25)28)32(43)11-7-8-23-12-14-24(42)15-13-23/h5-6,9-10,16-19,23-24,42H,7-8,11-15H2,1-4H3,(H,38,39,40). The number of rotatable bonds is 8. The lowest BCUT2D eigenvalue weighted by molar-refractivity contribution is 0.0955. The number of methoxy groups -OCH3 is 1. The van der Waals surface area contributed by atoms with E-state index in [2.05, 4.69) is 22.3 Å². The van der Waals surface area contributed by atoms with Crippen molar-refractivity contribution < 1.29 is 19.2 Å². The van der Waals surface area contributed by atoms with Gasteiger partial charge in [-0.2, -0.15) is 0 Å². The van der Waals surface area contributed by atoms with Crippen LogP contribution in [0.4, 0.5) is 0 Å². The van der Waals surface area contributed by atoms with Gasteiger partial charge < -0.3 is 19.4 Å². The van der Waals surface area contributed by atoms with Crippen LogP contribution in [-0.2, 0) is 0 Å². The third kappa shape index (κ3) is 5.27. The number of fused-ring (bicyclic) bond motifs is 4. The minimum atomic E-state index is -0.149. The van der Waals surface area contributed by atoms with Gasteiger partial charge in [-0.15, -0.1) is 0 Å². The summed E-state index contributed by atoms with van der Waals surface area (Å²) < 4.78 is 11.4. The molecule has 0 spiro atoms. The van der Waals surface area contributed by atoms with Crippen LogP contribution in [0.3, 0.4) is 0 Å². The zero-order valence-electron chi connectivity index (χ0n) is 26.2. The number of H-pyrrole nitrogens is 1. The van der Waals surface area contributed by atoms with E-state index in [-0.39, 0.29) is 11.9 Å². The maximum atomic E-state index is 13.6. The fraction of sp³-hybridized carbons (Fsp3) is 0.351. The number of nitrogens with zero attached hydrogens (tertiary/aromatic N) is 3. The number of aliphatic hydroxyl groups is 1. The molecule has 0 saturated heterocycles. The van der Waals surface area contributed by atoms with Crippen LogP contribution in [0.25, 0.3) is 55.1 Å². The fourth-order valence-electron chi connectivity index (χ4n) is 7.23. The van der Waals surface area contributed by atoms with Gasteiger partial charge in [0, 0.05) is 34.0 Å². The van der Waals surface area contributed by atoms with E-state index in [9.17, 15) is 9.90 Å². The Kier molecular flexibility index (Phi) is 7.61. The number of Topliss-reactive ketones (excluding diaryl/α,β-unsaturated/α-hetero) is 1. The minimum absolute atomic E-state index is 0.149. The van der Waals surface area contributed by atoms with Crippen molar-refractivity contribution in [1.29, 1.82) is 0 Å². The summed E-state index contributed by atoms with van der Waals surface area (Å²) in [4.78, 5) is 26.8. The average molecular weight is 603 g/mol. The molecule has 230 valence electrons. The van der Waals surface area contributed by atoms with Crippen molar-refractivity contribution in [2.24, 2.45) is 5.92 Å². The monoisotopic (exact) mass is 602 g/mol. The van der Waals surface area contributed by atoms with Crippen molar-refractivity contribution in [3.63, 3.8) is 0 Å². The zero-order valence-corrected chi connectivity index (χ0v) is 26.2. The van der Waals surface area contributed by atoms with Crippen LogP contribution in [0.1, 0.15) is 72.6 Å². The molecule has 0 bridgehead atoms. The number of ketones is 1. The normalized spacial score (nSPS) is 17.0. The van der Waals surface area contributed by atoms with Crippen LogP contribution >= 0.6 is 0 Å². The van der Waals surface area contributed by atoms with E-state index in [1.165, 1.54) is 0 Å². The number of carbonyl (C=O) groups excluding carboxylic acids is 1. The highest BCUT2D eigenvalue weighted by molar-refractivity contribution is 6.18. The number of ether oxygens (including phenoxy) is 1. The Labute approximate surface area is 261 Å². The van der Waals surface area contributed by atoms with Gasteiger partial charge in [0.25, 0.3) is 0 Å². The van der Waals surface area contributed by atoms with Crippen molar-refractivity contribution in [2.75, 3.05) is 7.11 Å².